The summed E-state index contributed by atoms with van der Waals surface area (Å²) in [7, 11) is 1.55. The van der Waals surface area contributed by atoms with Crippen molar-refractivity contribution in [2.24, 2.45) is 4.99 Å². The fraction of sp³-hybridized carbons (Fsp3) is 0.219. The average Bonchev–Trinajstić information content (AvgIpc) is 3.27. The first-order valence-corrected chi connectivity index (χ1v) is 14.8. The van der Waals surface area contributed by atoms with Crippen molar-refractivity contribution >= 4 is 46.6 Å². The number of aromatic nitrogens is 1. The lowest BCUT2D eigenvalue weighted by Crippen LogP contribution is -2.40. The Bertz CT molecular complexity index is 1860. The number of esters is 1. The Kier molecular flexibility index (Phi) is 8.87. The number of nitrogens with zero attached hydrogens (tertiary/aromatic N) is 2. The monoisotopic (exact) mass is 622 g/mol. The Morgan fingerprint density at radius 2 is 1.81 bits per heavy atom. The lowest BCUT2D eigenvalue weighted by atomic mass is 9.95. The van der Waals surface area contributed by atoms with Gasteiger partial charge in [-0.3, -0.25) is 9.36 Å². The van der Waals surface area contributed by atoms with E-state index in [9.17, 15) is 9.59 Å². The maximum atomic E-state index is 13.9. The van der Waals surface area contributed by atoms with Crippen LogP contribution in [-0.2, 0) is 16.1 Å². The molecule has 42 heavy (non-hydrogen) atoms. The van der Waals surface area contributed by atoms with Gasteiger partial charge in [0.2, 0.25) is 0 Å². The van der Waals surface area contributed by atoms with E-state index in [-0.39, 0.29) is 17.2 Å². The number of benzene rings is 3. The Labute approximate surface area is 256 Å². The molecule has 0 bridgehead atoms. The quantitative estimate of drug-likeness (QED) is 0.223. The normalized spacial score (nSPS) is 14.9. The van der Waals surface area contributed by atoms with Crippen LogP contribution in [0, 0.1) is 0 Å². The van der Waals surface area contributed by atoms with Crippen molar-refractivity contribution in [1.29, 1.82) is 0 Å². The molecular formula is C32H28Cl2N2O5S. The zero-order valence-corrected chi connectivity index (χ0v) is 25.7. The van der Waals surface area contributed by atoms with Crippen molar-refractivity contribution in [3.05, 3.63) is 124 Å². The fourth-order valence-electron chi connectivity index (χ4n) is 4.64. The SMILES string of the molecule is COc1cc(C2C(C(=O)OC(C)C)=C(C)N=c3sc(=Cc4ccc(Cl)c(Cl)c4)c(=O)n32)ccc1OCc1ccccc1. The van der Waals surface area contributed by atoms with Crippen molar-refractivity contribution < 1.29 is 19.0 Å². The largest absolute Gasteiger partial charge is 0.493 e. The second-order valence-electron chi connectivity index (χ2n) is 9.89. The smallest absolute Gasteiger partial charge is 0.338 e. The molecule has 0 amide bonds. The molecule has 5 rings (SSSR count). The van der Waals surface area contributed by atoms with Gasteiger partial charge in [0, 0.05) is 0 Å². The summed E-state index contributed by atoms with van der Waals surface area (Å²) in [6.45, 7) is 5.65. The van der Waals surface area contributed by atoms with E-state index < -0.39 is 12.0 Å². The molecule has 1 atom stereocenters. The highest BCUT2D eigenvalue weighted by Crippen LogP contribution is 2.36. The molecule has 1 aliphatic heterocycles. The van der Waals surface area contributed by atoms with Crippen molar-refractivity contribution in [3.8, 4) is 11.5 Å². The van der Waals surface area contributed by atoms with E-state index in [4.69, 9.17) is 37.4 Å². The first-order valence-electron chi connectivity index (χ1n) is 13.2. The number of halogens is 2. The molecule has 3 aromatic carbocycles. The minimum Gasteiger partial charge on any atom is -0.493 e. The number of hydrogen-bond donors (Lipinski definition) is 0. The maximum absolute atomic E-state index is 13.9. The Morgan fingerprint density at radius 1 is 1.05 bits per heavy atom. The fourth-order valence-corrected chi connectivity index (χ4v) is 5.99. The van der Waals surface area contributed by atoms with Gasteiger partial charge in [-0.25, -0.2) is 9.79 Å². The van der Waals surface area contributed by atoms with Gasteiger partial charge in [0.05, 0.1) is 45.1 Å². The second kappa shape index (κ2) is 12.6. The van der Waals surface area contributed by atoms with Gasteiger partial charge in [-0.15, -0.1) is 0 Å². The maximum Gasteiger partial charge on any atom is 0.338 e. The molecule has 0 fully saturated rings. The minimum absolute atomic E-state index is 0.275. The lowest BCUT2D eigenvalue weighted by molar-refractivity contribution is -0.143. The minimum atomic E-state index is -0.805. The zero-order chi connectivity index (χ0) is 30.0. The van der Waals surface area contributed by atoms with Crippen LogP contribution in [0.1, 0.15) is 43.5 Å². The van der Waals surface area contributed by atoms with Crippen LogP contribution in [0.4, 0.5) is 0 Å². The molecule has 0 N–H and O–H groups in total. The summed E-state index contributed by atoms with van der Waals surface area (Å²) in [5, 5.41) is 0.802. The summed E-state index contributed by atoms with van der Waals surface area (Å²) in [6, 6.07) is 19.5. The molecule has 1 aromatic heterocycles. The molecule has 4 aromatic rings. The third-order valence-electron chi connectivity index (χ3n) is 6.57. The lowest BCUT2D eigenvalue weighted by Gasteiger charge is -2.26. The molecule has 1 unspecified atom stereocenters. The molecule has 0 aliphatic carbocycles. The topological polar surface area (TPSA) is 79.1 Å². The zero-order valence-electron chi connectivity index (χ0n) is 23.4. The van der Waals surface area contributed by atoms with E-state index in [0.29, 0.717) is 54.3 Å². The van der Waals surface area contributed by atoms with E-state index in [2.05, 4.69) is 4.99 Å². The second-order valence-corrected chi connectivity index (χ2v) is 11.7. The summed E-state index contributed by atoms with van der Waals surface area (Å²) in [5.74, 6) is 0.454. The van der Waals surface area contributed by atoms with Gasteiger partial charge < -0.3 is 14.2 Å². The van der Waals surface area contributed by atoms with E-state index in [0.717, 1.165) is 5.56 Å². The van der Waals surface area contributed by atoms with Crippen molar-refractivity contribution in [2.45, 2.75) is 39.5 Å². The average molecular weight is 624 g/mol. The van der Waals surface area contributed by atoms with Gasteiger partial charge in [0.25, 0.3) is 5.56 Å². The molecule has 2 heterocycles. The van der Waals surface area contributed by atoms with E-state index in [1.807, 2.05) is 36.4 Å². The highest BCUT2D eigenvalue weighted by molar-refractivity contribution is 7.07. The standard InChI is InChI=1S/C32H28Cl2N2O5S/c1-18(2)41-31(38)28-19(3)35-32-36(30(37)27(42-32)15-21-10-12-23(33)24(34)14-21)29(28)22-11-13-25(26(16-22)39-4)40-17-20-8-6-5-7-9-20/h5-16,18,29H,17H2,1-4H3. The third-order valence-corrected chi connectivity index (χ3v) is 8.29. The van der Waals surface area contributed by atoms with Crippen molar-refractivity contribution in [2.75, 3.05) is 7.11 Å². The van der Waals surface area contributed by atoms with Crippen molar-refractivity contribution in [1.82, 2.24) is 4.57 Å². The van der Waals surface area contributed by atoms with Crippen LogP contribution in [0.25, 0.3) is 6.08 Å². The van der Waals surface area contributed by atoms with Crippen LogP contribution in [0.3, 0.4) is 0 Å². The van der Waals surface area contributed by atoms with Crippen LogP contribution in [0.2, 0.25) is 10.0 Å². The highest BCUT2D eigenvalue weighted by atomic mass is 35.5. The Balaban J connectivity index is 1.63. The molecule has 0 radical (unpaired) electrons. The Morgan fingerprint density at radius 3 is 2.50 bits per heavy atom. The summed E-state index contributed by atoms with van der Waals surface area (Å²) in [4.78, 5) is 32.5. The Hall–Kier alpha value is -3.85. The number of allylic oxidation sites excluding steroid dienone is 1. The predicted octanol–water partition coefficient (Wildman–Crippen LogP) is 6.08. The van der Waals surface area contributed by atoms with Crippen LogP contribution < -0.4 is 24.4 Å². The predicted molar refractivity (Wildman–Crippen MR) is 165 cm³/mol. The molecule has 0 spiro atoms. The summed E-state index contributed by atoms with van der Waals surface area (Å²) < 4.78 is 19.3. The van der Waals surface area contributed by atoms with Crippen LogP contribution in [0.5, 0.6) is 11.5 Å². The van der Waals surface area contributed by atoms with Crippen LogP contribution in [0.15, 0.2) is 87.8 Å². The first-order chi connectivity index (χ1) is 20.2. The number of methoxy groups -OCH3 is 1. The number of hydrogen-bond acceptors (Lipinski definition) is 7. The highest BCUT2D eigenvalue weighted by Gasteiger charge is 2.34. The van der Waals surface area contributed by atoms with Gasteiger partial charge >= 0.3 is 5.97 Å². The molecule has 7 nitrogen and oxygen atoms in total. The number of rotatable bonds is 8. The first kappa shape index (κ1) is 29.6. The van der Waals surface area contributed by atoms with E-state index >= 15 is 0 Å². The van der Waals surface area contributed by atoms with E-state index in [1.165, 1.54) is 15.9 Å². The number of carbonyl (C=O) groups is 1. The van der Waals surface area contributed by atoms with Crippen LogP contribution >= 0.6 is 34.5 Å². The van der Waals surface area contributed by atoms with Gasteiger partial charge in [0.15, 0.2) is 16.3 Å². The van der Waals surface area contributed by atoms with Gasteiger partial charge in [-0.05, 0) is 67.8 Å². The van der Waals surface area contributed by atoms with Crippen LogP contribution in [-0.4, -0.2) is 23.8 Å². The molecule has 216 valence electrons. The van der Waals surface area contributed by atoms with Crippen molar-refractivity contribution in [3.63, 3.8) is 0 Å². The number of thiazole rings is 1. The molecule has 1 aliphatic rings. The number of fused-ring (bicyclic) bond motifs is 1. The van der Waals surface area contributed by atoms with Gasteiger partial charge in [-0.1, -0.05) is 77.0 Å². The molecule has 0 saturated carbocycles. The summed E-state index contributed by atoms with van der Waals surface area (Å²) in [5.41, 5.74) is 2.80. The number of ether oxygens (including phenoxy) is 3. The molecule has 0 saturated heterocycles. The van der Waals surface area contributed by atoms with E-state index in [1.54, 1.807) is 64.3 Å². The number of carbonyl (C=O) groups excluding carboxylic acids is 1. The third kappa shape index (κ3) is 6.16. The van der Waals surface area contributed by atoms with Gasteiger partial charge in [0.1, 0.15) is 6.61 Å². The molecule has 10 heteroatoms. The summed E-state index contributed by atoms with van der Waals surface area (Å²) in [6.07, 6.45) is 1.37. The van der Waals surface area contributed by atoms with Gasteiger partial charge in [-0.2, -0.15) is 0 Å². The molecular weight excluding hydrogens is 595 g/mol. The summed E-state index contributed by atoms with van der Waals surface area (Å²) >= 11 is 13.5.